The summed E-state index contributed by atoms with van der Waals surface area (Å²) in [6.07, 6.45) is 1.30. The normalized spacial score (nSPS) is 10.6. The van der Waals surface area contributed by atoms with Crippen LogP contribution < -0.4 is 10.1 Å². The summed E-state index contributed by atoms with van der Waals surface area (Å²) < 4.78 is 11.5. The Balaban J connectivity index is 0.00000312. The Morgan fingerprint density at radius 1 is 1.04 bits per heavy atom. The minimum Gasteiger partial charge on any atom is -0.489 e. The van der Waals surface area contributed by atoms with E-state index >= 15 is 0 Å². The highest BCUT2D eigenvalue weighted by Crippen LogP contribution is 2.19. The third kappa shape index (κ3) is 8.59. The summed E-state index contributed by atoms with van der Waals surface area (Å²) in [7, 11) is 0. The number of hydrogen-bond donors (Lipinski definition) is 1. The standard InChI is InChI=1S/C20H26ClNO2.ClH/c1-16(2)23-13-5-12-22-14-18-6-3-4-7-20(18)24-15-17-8-10-19(21)11-9-17;/h3-4,6-11,16,22H,5,12-15H2,1-2H3;1H. The van der Waals surface area contributed by atoms with Crippen molar-refractivity contribution in [3.05, 3.63) is 64.7 Å². The Bertz CT molecular complexity index is 603. The molecule has 3 nitrogen and oxygen atoms in total. The molecule has 0 radical (unpaired) electrons. The van der Waals surface area contributed by atoms with E-state index in [4.69, 9.17) is 21.1 Å². The molecule has 2 rings (SSSR count). The van der Waals surface area contributed by atoms with E-state index in [0.29, 0.717) is 12.7 Å². The van der Waals surface area contributed by atoms with Gasteiger partial charge < -0.3 is 14.8 Å². The topological polar surface area (TPSA) is 30.5 Å². The summed E-state index contributed by atoms with van der Waals surface area (Å²) in [6.45, 7) is 7.16. The number of halogens is 2. The van der Waals surface area contributed by atoms with Crippen molar-refractivity contribution in [1.82, 2.24) is 5.32 Å². The largest absolute Gasteiger partial charge is 0.489 e. The zero-order chi connectivity index (χ0) is 17.2. The Labute approximate surface area is 162 Å². The quantitative estimate of drug-likeness (QED) is 0.568. The minimum absolute atomic E-state index is 0. The Morgan fingerprint density at radius 2 is 1.76 bits per heavy atom. The lowest BCUT2D eigenvalue weighted by molar-refractivity contribution is 0.0770. The molecule has 0 aliphatic rings. The average molecular weight is 384 g/mol. The van der Waals surface area contributed by atoms with Crippen LogP contribution in [-0.2, 0) is 17.9 Å². The van der Waals surface area contributed by atoms with E-state index in [1.165, 1.54) is 0 Å². The van der Waals surface area contributed by atoms with E-state index in [1.807, 2.05) is 42.5 Å². The van der Waals surface area contributed by atoms with Gasteiger partial charge in [-0.2, -0.15) is 0 Å². The molecule has 0 spiro atoms. The molecule has 0 aliphatic heterocycles. The van der Waals surface area contributed by atoms with Crippen molar-refractivity contribution in [2.24, 2.45) is 0 Å². The summed E-state index contributed by atoms with van der Waals surface area (Å²) in [5.41, 5.74) is 2.27. The molecule has 0 amide bonds. The molecule has 0 aliphatic carbocycles. The summed E-state index contributed by atoms with van der Waals surface area (Å²) >= 11 is 5.91. The van der Waals surface area contributed by atoms with E-state index in [0.717, 1.165) is 48.0 Å². The van der Waals surface area contributed by atoms with Gasteiger partial charge in [0.1, 0.15) is 12.4 Å². The van der Waals surface area contributed by atoms with Crippen molar-refractivity contribution >= 4 is 24.0 Å². The zero-order valence-corrected chi connectivity index (χ0v) is 16.4. The number of hydrogen-bond acceptors (Lipinski definition) is 3. The molecular formula is C20H27Cl2NO2. The van der Waals surface area contributed by atoms with E-state index in [-0.39, 0.29) is 12.4 Å². The molecule has 0 heterocycles. The molecule has 2 aromatic rings. The van der Waals surface area contributed by atoms with Crippen LogP contribution in [-0.4, -0.2) is 19.3 Å². The van der Waals surface area contributed by atoms with Crippen molar-refractivity contribution in [2.75, 3.05) is 13.2 Å². The van der Waals surface area contributed by atoms with Crippen LogP contribution in [0.1, 0.15) is 31.4 Å². The summed E-state index contributed by atoms with van der Waals surface area (Å²) in [5, 5.41) is 4.18. The fourth-order valence-electron chi connectivity index (χ4n) is 2.27. The molecular weight excluding hydrogens is 357 g/mol. The first-order valence-electron chi connectivity index (χ1n) is 8.42. The molecule has 25 heavy (non-hydrogen) atoms. The van der Waals surface area contributed by atoms with Crippen LogP contribution in [0.4, 0.5) is 0 Å². The van der Waals surface area contributed by atoms with Crippen molar-refractivity contribution < 1.29 is 9.47 Å². The Hall–Kier alpha value is -1.26. The summed E-state index contributed by atoms with van der Waals surface area (Å²) in [6, 6.07) is 15.9. The lowest BCUT2D eigenvalue weighted by Crippen LogP contribution is -2.17. The van der Waals surface area contributed by atoms with Crippen molar-refractivity contribution in [2.45, 2.75) is 39.5 Å². The maximum Gasteiger partial charge on any atom is 0.124 e. The van der Waals surface area contributed by atoms with Gasteiger partial charge >= 0.3 is 0 Å². The highest BCUT2D eigenvalue weighted by atomic mass is 35.5. The lowest BCUT2D eigenvalue weighted by atomic mass is 10.2. The molecule has 0 bridgehead atoms. The van der Waals surface area contributed by atoms with Crippen LogP contribution in [0, 0.1) is 0 Å². The van der Waals surface area contributed by atoms with Gasteiger partial charge in [0, 0.05) is 23.7 Å². The van der Waals surface area contributed by atoms with Crippen LogP contribution in [0.25, 0.3) is 0 Å². The van der Waals surface area contributed by atoms with Crippen LogP contribution in [0.5, 0.6) is 5.75 Å². The van der Waals surface area contributed by atoms with E-state index in [1.54, 1.807) is 0 Å². The van der Waals surface area contributed by atoms with Gasteiger partial charge in [-0.1, -0.05) is 41.9 Å². The van der Waals surface area contributed by atoms with Crippen LogP contribution in [0.2, 0.25) is 5.02 Å². The smallest absolute Gasteiger partial charge is 0.124 e. The second-order valence-corrected chi connectivity index (χ2v) is 6.41. The SMILES string of the molecule is CC(C)OCCCNCc1ccccc1OCc1ccc(Cl)cc1.Cl. The molecule has 0 atom stereocenters. The van der Waals surface area contributed by atoms with Crippen LogP contribution in [0.3, 0.4) is 0 Å². The van der Waals surface area contributed by atoms with Gasteiger partial charge in [0.05, 0.1) is 6.10 Å². The van der Waals surface area contributed by atoms with Crippen molar-refractivity contribution in [1.29, 1.82) is 0 Å². The van der Waals surface area contributed by atoms with E-state index < -0.39 is 0 Å². The van der Waals surface area contributed by atoms with Gasteiger partial charge in [-0.05, 0) is 50.6 Å². The number of rotatable bonds is 10. The fourth-order valence-corrected chi connectivity index (χ4v) is 2.40. The van der Waals surface area contributed by atoms with E-state index in [2.05, 4.69) is 25.2 Å². The molecule has 0 aromatic heterocycles. The van der Waals surface area contributed by atoms with Gasteiger partial charge in [0.25, 0.3) is 0 Å². The summed E-state index contributed by atoms with van der Waals surface area (Å²) in [4.78, 5) is 0. The minimum atomic E-state index is 0. The fraction of sp³-hybridized carbons (Fsp3) is 0.400. The molecule has 138 valence electrons. The van der Waals surface area contributed by atoms with Crippen molar-refractivity contribution in [3.8, 4) is 5.75 Å². The average Bonchev–Trinajstić information content (AvgIpc) is 2.58. The third-order valence-corrected chi connectivity index (χ3v) is 3.80. The van der Waals surface area contributed by atoms with Crippen LogP contribution in [0.15, 0.2) is 48.5 Å². The molecule has 0 fully saturated rings. The lowest BCUT2D eigenvalue weighted by Gasteiger charge is -2.13. The molecule has 0 saturated carbocycles. The number of nitrogens with one attached hydrogen (secondary N) is 1. The predicted octanol–water partition coefficient (Wildman–Crippen LogP) is 5.25. The van der Waals surface area contributed by atoms with Gasteiger partial charge in [-0.15, -0.1) is 12.4 Å². The van der Waals surface area contributed by atoms with Crippen LogP contribution >= 0.6 is 24.0 Å². The Morgan fingerprint density at radius 3 is 2.48 bits per heavy atom. The van der Waals surface area contributed by atoms with E-state index in [9.17, 15) is 0 Å². The van der Waals surface area contributed by atoms with Gasteiger partial charge in [0.15, 0.2) is 0 Å². The molecule has 2 aromatic carbocycles. The third-order valence-electron chi connectivity index (χ3n) is 3.54. The van der Waals surface area contributed by atoms with Gasteiger partial charge in [0.2, 0.25) is 0 Å². The first-order valence-corrected chi connectivity index (χ1v) is 8.80. The van der Waals surface area contributed by atoms with Crippen molar-refractivity contribution in [3.63, 3.8) is 0 Å². The maximum absolute atomic E-state index is 5.96. The Kier molecular flexibility index (Phi) is 10.6. The molecule has 5 heteroatoms. The second kappa shape index (κ2) is 12.2. The second-order valence-electron chi connectivity index (χ2n) is 5.97. The number of benzene rings is 2. The summed E-state index contributed by atoms with van der Waals surface area (Å²) in [5.74, 6) is 0.915. The molecule has 0 saturated heterocycles. The zero-order valence-electron chi connectivity index (χ0n) is 14.8. The first-order chi connectivity index (χ1) is 11.6. The highest BCUT2D eigenvalue weighted by Gasteiger charge is 2.03. The monoisotopic (exact) mass is 383 g/mol. The number of ether oxygens (including phenoxy) is 2. The molecule has 1 N–H and O–H groups in total. The predicted molar refractivity (Wildman–Crippen MR) is 107 cm³/mol. The molecule has 0 unspecified atom stereocenters. The first kappa shape index (κ1) is 21.8. The highest BCUT2D eigenvalue weighted by molar-refractivity contribution is 6.30. The van der Waals surface area contributed by atoms with Gasteiger partial charge in [-0.25, -0.2) is 0 Å². The number of para-hydroxylation sites is 1. The maximum atomic E-state index is 5.96. The van der Waals surface area contributed by atoms with Gasteiger partial charge in [-0.3, -0.25) is 0 Å².